The first-order chi connectivity index (χ1) is 7.72. The molecule has 0 saturated carbocycles. The van der Waals surface area contributed by atoms with Gasteiger partial charge in [0.05, 0.1) is 10.0 Å². The Balaban J connectivity index is 2.46. The number of hydrogen-bond acceptors (Lipinski definition) is 2. The average Bonchev–Trinajstić information content (AvgIpc) is 2.71. The van der Waals surface area contributed by atoms with Crippen molar-refractivity contribution in [2.24, 2.45) is 5.16 Å². The van der Waals surface area contributed by atoms with E-state index in [9.17, 15) is 0 Å². The summed E-state index contributed by atoms with van der Waals surface area (Å²) >= 11 is 12.0. The molecule has 1 aromatic carbocycles. The zero-order valence-electron chi connectivity index (χ0n) is 8.14. The van der Waals surface area contributed by atoms with Gasteiger partial charge in [-0.3, -0.25) is 0 Å². The average molecular weight is 255 g/mol. The number of rotatable bonds is 2. The maximum absolute atomic E-state index is 8.40. The Bertz CT molecular complexity index is 535. The van der Waals surface area contributed by atoms with Crippen molar-refractivity contribution in [3.63, 3.8) is 0 Å². The molecule has 82 valence electrons. The molecule has 3 nitrogen and oxygen atoms in total. The van der Waals surface area contributed by atoms with E-state index in [0.29, 0.717) is 10.0 Å². The van der Waals surface area contributed by atoms with Crippen LogP contribution < -0.4 is 0 Å². The van der Waals surface area contributed by atoms with Crippen molar-refractivity contribution in [2.45, 2.75) is 0 Å². The standard InChI is InChI=1S/C11H8Cl2N2O/c12-10-3-1-2-9(11(10)13)8-4-5-15(6-8)7-14-16/h1-7,16H/b14-7-. The molecule has 0 atom stereocenters. The third kappa shape index (κ3) is 2.05. The van der Waals surface area contributed by atoms with Gasteiger partial charge < -0.3 is 9.77 Å². The molecule has 2 aromatic rings. The van der Waals surface area contributed by atoms with Crippen LogP contribution in [0.5, 0.6) is 0 Å². The Labute approximate surface area is 103 Å². The fraction of sp³-hybridized carbons (Fsp3) is 0. The number of halogens is 2. The first kappa shape index (κ1) is 11.0. The lowest BCUT2D eigenvalue weighted by molar-refractivity contribution is 0.320. The summed E-state index contributed by atoms with van der Waals surface area (Å²) in [5.74, 6) is 0. The van der Waals surface area contributed by atoms with E-state index in [0.717, 1.165) is 11.1 Å². The van der Waals surface area contributed by atoms with E-state index in [2.05, 4.69) is 5.16 Å². The maximum atomic E-state index is 8.40. The van der Waals surface area contributed by atoms with Crippen LogP contribution in [0.2, 0.25) is 10.0 Å². The smallest absolute Gasteiger partial charge is 0.138 e. The number of nitrogens with zero attached hydrogens (tertiary/aromatic N) is 2. The van der Waals surface area contributed by atoms with Crippen LogP contribution >= 0.6 is 23.2 Å². The predicted molar refractivity (Wildman–Crippen MR) is 65.6 cm³/mol. The zero-order chi connectivity index (χ0) is 11.5. The lowest BCUT2D eigenvalue weighted by atomic mass is 10.1. The van der Waals surface area contributed by atoms with Gasteiger partial charge in [0.25, 0.3) is 0 Å². The van der Waals surface area contributed by atoms with E-state index in [1.54, 1.807) is 23.0 Å². The molecule has 1 N–H and O–H groups in total. The van der Waals surface area contributed by atoms with Gasteiger partial charge in [0.2, 0.25) is 0 Å². The van der Waals surface area contributed by atoms with E-state index in [4.69, 9.17) is 28.4 Å². The minimum absolute atomic E-state index is 0.516. The molecule has 1 aromatic heterocycles. The van der Waals surface area contributed by atoms with Crippen LogP contribution in [-0.2, 0) is 0 Å². The second-order valence-corrected chi connectivity index (χ2v) is 3.96. The van der Waals surface area contributed by atoms with Crippen LogP contribution in [-0.4, -0.2) is 16.1 Å². The normalized spacial score (nSPS) is 11.1. The second-order valence-electron chi connectivity index (χ2n) is 3.18. The fourth-order valence-corrected chi connectivity index (χ4v) is 1.84. The van der Waals surface area contributed by atoms with Crippen LogP contribution in [0, 0.1) is 0 Å². The van der Waals surface area contributed by atoms with Crippen molar-refractivity contribution in [1.82, 2.24) is 4.57 Å². The summed E-state index contributed by atoms with van der Waals surface area (Å²) < 4.78 is 1.62. The largest absolute Gasteiger partial charge is 0.410 e. The highest BCUT2D eigenvalue weighted by atomic mass is 35.5. The summed E-state index contributed by atoms with van der Waals surface area (Å²) in [7, 11) is 0. The highest BCUT2D eigenvalue weighted by molar-refractivity contribution is 6.43. The summed E-state index contributed by atoms with van der Waals surface area (Å²) in [6, 6.07) is 7.31. The molecular weight excluding hydrogens is 247 g/mol. The SMILES string of the molecule is O/N=C\n1ccc(-c2cccc(Cl)c2Cl)c1. The minimum atomic E-state index is 0.516. The van der Waals surface area contributed by atoms with Crippen LogP contribution in [0.1, 0.15) is 0 Å². The third-order valence-electron chi connectivity index (χ3n) is 2.16. The molecule has 1 heterocycles. The van der Waals surface area contributed by atoms with Crippen molar-refractivity contribution in [1.29, 1.82) is 0 Å². The summed E-state index contributed by atoms with van der Waals surface area (Å²) in [5.41, 5.74) is 1.76. The second kappa shape index (κ2) is 4.60. The lowest BCUT2D eigenvalue weighted by Gasteiger charge is -2.02. The molecule has 0 amide bonds. The summed E-state index contributed by atoms with van der Waals surface area (Å²) in [4.78, 5) is 0. The minimum Gasteiger partial charge on any atom is -0.410 e. The van der Waals surface area contributed by atoms with Crippen LogP contribution in [0.4, 0.5) is 0 Å². The van der Waals surface area contributed by atoms with Crippen LogP contribution in [0.15, 0.2) is 41.8 Å². The van der Waals surface area contributed by atoms with Crippen molar-refractivity contribution in [2.75, 3.05) is 0 Å². The van der Waals surface area contributed by atoms with Crippen molar-refractivity contribution in [3.05, 3.63) is 46.7 Å². The molecule has 2 rings (SSSR count). The molecule has 0 unspecified atom stereocenters. The molecule has 0 bridgehead atoms. The first-order valence-corrected chi connectivity index (χ1v) is 5.27. The molecule has 0 aliphatic heterocycles. The maximum Gasteiger partial charge on any atom is 0.138 e. The van der Waals surface area contributed by atoms with E-state index >= 15 is 0 Å². The van der Waals surface area contributed by atoms with Gasteiger partial charge in [-0.05, 0) is 12.1 Å². The van der Waals surface area contributed by atoms with Gasteiger partial charge in [-0.1, -0.05) is 40.5 Å². The molecule has 0 saturated heterocycles. The quantitative estimate of drug-likeness (QED) is 0.377. The van der Waals surface area contributed by atoms with E-state index < -0.39 is 0 Å². The Morgan fingerprint density at radius 2 is 2.06 bits per heavy atom. The third-order valence-corrected chi connectivity index (χ3v) is 2.98. The molecule has 0 aliphatic rings. The van der Waals surface area contributed by atoms with Crippen molar-refractivity contribution in [3.8, 4) is 11.1 Å². The number of aromatic nitrogens is 1. The number of benzene rings is 1. The molecule has 0 aliphatic carbocycles. The van der Waals surface area contributed by atoms with E-state index in [-0.39, 0.29) is 0 Å². The number of hydrogen-bond donors (Lipinski definition) is 1. The van der Waals surface area contributed by atoms with Crippen molar-refractivity contribution < 1.29 is 5.21 Å². The highest BCUT2D eigenvalue weighted by Crippen LogP contribution is 2.33. The van der Waals surface area contributed by atoms with Gasteiger partial charge >= 0.3 is 0 Å². The van der Waals surface area contributed by atoms with Gasteiger partial charge in [-0.15, -0.1) is 0 Å². The van der Waals surface area contributed by atoms with Gasteiger partial charge in [-0.25, -0.2) is 0 Å². The van der Waals surface area contributed by atoms with E-state index in [1.165, 1.54) is 6.34 Å². The van der Waals surface area contributed by atoms with Crippen LogP contribution in [0.3, 0.4) is 0 Å². The van der Waals surface area contributed by atoms with Crippen LogP contribution in [0.25, 0.3) is 11.1 Å². The fourth-order valence-electron chi connectivity index (χ4n) is 1.43. The first-order valence-electron chi connectivity index (χ1n) is 4.52. The summed E-state index contributed by atoms with van der Waals surface area (Å²) in [6.45, 7) is 0. The molecule has 16 heavy (non-hydrogen) atoms. The molecule has 5 heteroatoms. The van der Waals surface area contributed by atoms with E-state index in [1.807, 2.05) is 18.2 Å². The van der Waals surface area contributed by atoms with Gasteiger partial charge in [0.15, 0.2) is 0 Å². The topological polar surface area (TPSA) is 37.5 Å². The molecule has 0 spiro atoms. The van der Waals surface area contributed by atoms with Gasteiger partial charge in [0.1, 0.15) is 6.34 Å². The predicted octanol–water partition coefficient (Wildman–Crippen LogP) is 3.73. The van der Waals surface area contributed by atoms with Crippen molar-refractivity contribution >= 4 is 29.5 Å². The Morgan fingerprint density at radius 1 is 1.25 bits per heavy atom. The molecule has 0 radical (unpaired) electrons. The summed E-state index contributed by atoms with van der Waals surface area (Å²) in [6.07, 6.45) is 4.82. The molecule has 0 fully saturated rings. The Morgan fingerprint density at radius 3 is 2.81 bits per heavy atom. The molecular formula is C11H8Cl2N2O. The lowest BCUT2D eigenvalue weighted by Crippen LogP contribution is -1.88. The zero-order valence-corrected chi connectivity index (χ0v) is 9.65. The monoisotopic (exact) mass is 254 g/mol. The van der Waals surface area contributed by atoms with Gasteiger partial charge in [-0.2, -0.15) is 0 Å². The summed E-state index contributed by atoms with van der Waals surface area (Å²) in [5, 5.41) is 12.4. The highest BCUT2D eigenvalue weighted by Gasteiger charge is 2.07. The number of oxime groups is 1. The Hall–Kier alpha value is -1.45. The van der Waals surface area contributed by atoms with Gasteiger partial charge in [0, 0.05) is 23.5 Å². The Kier molecular flexibility index (Phi) is 3.17.